The van der Waals surface area contributed by atoms with Crippen molar-refractivity contribution in [1.82, 2.24) is 14.5 Å². The summed E-state index contributed by atoms with van der Waals surface area (Å²) in [6.45, 7) is 1.98. The lowest BCUT2D eigenvalue weighted by Gasteiger charge is -2.00. The van der Waals surface area contributed by atoms with Gasteiger partial charge in [-0.2, -0.15) is 0 Å². The van der Waals surface area contributed by atoms with Crippen molar-refractivity contribution >= 4 is 32.5 Å². The second-order valence-corrected chi connectivity index (χ2v) is 6.36. The number of H-pyrrole nitrogens is 1. The third-order valence-electron chi connectivity index (χ3n) is 4.18. The summed E-state index contributed by atoms with van der Waals surface area (Å²) in [4.78, 5) is 21.3. The van der Waals surface area contributed by atoms with E-state index in [-0.39, 0.29) is 5.43 Å². The van der Waals surface area contributed by atoms with Crippen LogP contribution < -0.4 is 5.43 Å². The van der Waals surface area contributed by atoms with E-state index in [0.717, 1.165) is 38.1 Å². The Balaban J connectivity index is 1.99. The van der Waals surface area contributed by atoms with Gasteiger partial charge in [0.05, 0.1) is 17.4 Å². The van der Waals surface area contributed by atoms with Crippen LogP contribution in [0.3, 0.4) is 0 Å². The Labute approximate surface area is 131 Å². The molecule has 0 radical (unpaired) electrons. The molecule has 0 bridgehead atoms. The van der Waals surface area contributed by atoms with Crippen molar-refractivity contribution < 1.29 is 0 Å². The summed E-state index contributed by atoms with van der Waals surface area (Å²) in [5.41, 5.74) is 3.97. The first-order valence-corrected chi connectivity index (χ1v) is 8.01. The minimum absolute atomic E-state index is 0.118. The number of aryl methyl sites for hydroxylation is 2. The fourth-order valence-electron chi connectivity index (χ4n) is 2.94. The molecule has 5 heteroatoms. The molecule has 3 aromatic heterocycles. The van der Waals surface area contributed by atoms with Crippen LogP contribution in [0.15, 0.2) is 40.8 Å². The van der Waals surface area contributed by atoms with Gasteiger partial charge < -0.3 is 9.55 Å². The van der Waals surface area contributed by atoms with E-state index in [1.54, 1.807) is 17.7 Å². The Kier molecular flexibility index (Phi) is 2.90. The predicted octanol–water partition coefficient (Wildman–Crippen LogP) is 3.38. The average Bonchev–Trinajstić information content (AvgIpc) is 3.05. The summed E-state index contributed by atoms with van der Waals surface area (Å²) in [6.07, 6.45) is 2.25. The highest BCUT2D eigenvalue weighted by atomic mass is 32.1. The van der Waals surface area contributed by atoms with E-state index in [4.69, 9.17) is 0 Å². The van der Waals surface area contributed by atoms with E-state index in [0.29, 0.717) is 6.42 Å². The average molecular weight is 309 g/mol. The minimum Gasteiger partial charge on any atom is -0.348 e. The van der Waals surface area contributed by atoms with E-state index in [2.05, 4.69) is 20.6 Å². The lowest BCUT2D eigenvalue weighted by atomic mass is 10.1. The first kappa shape index (κ1) is 13.3. The van der Waals surface area contributed by atoms with Crippen molar-refractivity contribution in [2.24, 2.45) is 7.05 Å². The molecule has 0 saturated carbocycles. The second-order valence-electron chi connectivity index (χ2n) is 5.50. The molecule has 0 fully saturated rings. The summed E-state index contributed by atoms with van der Waals surface area (Å²) < 4.78 is 2.10. The standard InChI is InChI=1S/C17H15N3OS/c1-10-13(19-9-18-10)7-11-8-22-17-15(16(11)21)12-5-3-4-6-14(12)20(17)2/h3-6,8-9H,7H2,1-2H3,(H,18,19). The van der Waals surface area contributed by atoms with Gasteiger partial charge in [0.2, 0.25) is 0 Å². The lowest BCUT2D eigenvalue weighted by molar-refractivity contribution is 1.02. The van der Waals surface area contributed by atoms with Gasteiger partial charge >= 0.3 is 0 Å². The van der Waals surface area contributed by atoms with Crippen molar-refractivity contribution in [3.05, 3.63) is 63.1 Å². The number of nitrogens with one attached hydrogen (secondary N) is 1. The number of imidazole rings is 1. The third-order valence-corrected chi connectivity index (χ3v) is 5.28. The Hall–Kier alpha value is -2.40. The van der Waals surface area contributed by atoms with Crippen LogP contribution in [0.4, 0.5) is 0 Å². The second kappa shape index (κ2) is 4.81. The molecular formula is C17H15N3OS. The molecule has 0 aliphatic rings. The van der Waals surface area contributed by atoms with Crippen molar-refractivity contribution in [1.29, 1.82) is 0 Å². The fourth-order valence-corrected chi connectivity index (χ4v) is 3.96. The minimum atomic E-state index is 0.118. The van der Waals surface area contributed by atoms with Crippen molar-refractivity contribution in [3.8, 4) is 0 Å². The van der Waals surface area contributed by atoms with Gasteiger partial charge in [0.1, 0.15) is 4.83 Å². The van der Waals surface area contributed by atoms with Crippen LogP contribution in [0.1, 0.15) is 17.0 Å². The van der Waals surface area contributed by atoms with Crippen LogP contribution in [0.5, 0.6) is 0 Å². The van der Waals surface area contributed by atoms with Gasteiger partial charge in [0, 0.05) is 41.0 Å². The van der Waals surface area contributed by atoms with E-state index in [9.17, 15) is 4.79 Å². The zero-order valence-corrected chi connectivity index (χ0v) is 13.2. The zero-order valence-electron chi connectivity index (χ0n) is 12.4. The SMILES string of the molecule is Cc1[nH]cnc1Cc1csc2c(c1=O)c1ccccc1n2C. The van der Waals surface area contributed by atoms with E-state index in [1.165, 1.54) is 0 Å². The number of rotatable bonds is 2. The fraction of sp³-hybridized carbons (Fsp3) is 0.176. The largest absolute Gasteiger partial charge is 0.348 e. The summed E-state index contributed by atoms with van der Waals surface area (Å²) in [5.74, 6) is 0. The maximum absolute atomic E-state index is 12.9. The van der Waals surface area contributed by atoms with Crippen molar-refractivity contribution in [2.75, 3.05) is 0 Å². The monoisotopic (exact) mass is 309 g/mol. The van der Waals surface area contributed by atoms with Gasteiger partial charge in [-0.15, -0.1) is 11.3 Å². The third kappa shape index (κ3) is 1.82. The number of nitrogens with zero attached hydrogens (tertiary/aromatic N) is 2. The molecule has 0 aliphatic carbocycles. The van der Waals surface area contributed by atoms with E-state index < -0.39 is 0 Å². The molecule has 1 aromatic carbocycles. The van der Waals surface area contributed by atoms with E-state index in [1.807, 2.05) is 37.6 Å². The highest BCUT2D eigenvalue weighted by Gasteiger charge is 2.15. The maximum Gasteiger partial charge on any atom is 0.193 e. The van der Waals surface area contributed by atoms with Crippen LogP contribution >= 0.6 is 11.3 Å². The molecule has 110 valence electrons. The normalized spacial score (nSPS) is 11.5. The van der Waals surface area contributed by atoms with Crippen molar-refractivity contribution in [2.45, 2.75) is 13.3 Å². The number of hydrogen-bond acceptors (Lipinski definition) is 3. The molecule has 22 heavy (non-hydrogen) atoms. The molecule has 0 atom stereocenters. The number of aromatic amines is 1. The summed E-state index contributed by atoms with van der Waals surface area (Å²) in [7, 11) is 2.01. The maximum atomic E-state index is 12.9. The van der Waals surface area contributed by atoms with Gasteiger partial charge in [0.25, 0.3) is 0 Å². The number of aromatic nitrogens is 3. The van der Waals surface area contributed by atoms with Crippen LogP contribution in [-0.2, 0) is 13.5 Å². The molecule has 1 N–H and O–H groups in total. The highest BCUT2D eigenvalue weighted by molar-refractivity contribution is 7.16. The molecule has 4 rings (SSSR count). The van der Waals surface area contributed by atoms with Gasteiger partial charge in [-0.05, 0) is 13.0 Å². The molecule has 4 aromatic rings. The molecule has 3 heterocycles. The first-order valence-electron chi connectivity index (χ1n) is 7.13. The van der Waals surface area contributed by atoms with Crippen molar-refractivity contribution in [3.63, 3.8) is 0 Å². The smallest absolute Gasteiger partial charge is 0.193 e. The molecular weight excluding hydrogens is 294 g/mol. The Morgan fingerprint density at radius 3 is 2.91 bits per heavy atom. The molecule has 0 unspecified atom stereocenters. The van der Waals surface area contributed by atoms with Gasteiger partial charge in [-0.3, -0.25) is 4.79 Å². The topological polar surface area (TPSA) is 50.7 Å². The lowest BCUT2D eigenvalue weighted by Crippen LogP contribution is -2.09. The van der Waals surface area contributed by atoms with Crippen LogP contribution in [0, 0.1) is 6.92 Å². The molecule has 0 aliphatic heterocycles. The summed E-state index contributed by atoms with van der Waals surface area (Å²) >= 11 is 1.62. The summed E-state index contributed by atoms with van der Waals surface area (Å²) in [5, 5.41) is 3.83. The van der Waals surface area contributed by atoms with Crippen LogP contribution in [0.25, 0.3) is 21.1 Å². The summed E-state index contributed by atoms with van der Waals surface area (Å²) in [6, 6.07) is 8.06. The van der Waals surface area contributed by atoms with Crippen LogP contribution in [-0.4, -0.2) is 14.5 Å². The molecule has 0 saturated heterocycles. The Bertz CT molecular complexity index is 1050. The number of para-hydroxylation sites is 1. The van der Waals surface area contributed by atoms with E-state index >= 15 is 0 Å². The van der Waals surface area contributed by atoms with Gasteiger partial charge in [-0.25, -0.2) is 4.98 Å². The highest BCUT2D eigenvalue weighted by Crippen LogP contribution is 2.28. The molecule has 0 amide bonds. The number of hydrogen-bond donors (Lipinski definition) is 1. The van der Waals surface area contributed by atoms with Gasteiger partial charge in [-0.1, -0.05) is 18.2 Å². The van der Waals surface area contributed by atoms with Crippen LogP contribution in [0.2, 0.25) is 0 Å². The number of benzene rings is 1. The molecule has 0 spiro atoms. The molecule has 4 nitrogen and oxygen atoms in total. The number of fused-ring (bicyclic) bond motifs is 3. The Morgan fingerprint density at radius 2 is 2.14 bits per heavy atom. The first-order chi connectivity index (χ1) is 10.7. The quantitative estimate of drug-likeness (QED) is 0.617. The zero-order chi connectivity index (χ0) is 15.3. The van der Waals surface area contributed by atoms with Gasteiger partial charge in [0.15, 0.2) is 5.43 Å². The predicted molar refractivity (Wildman–Crippen MR) is 90.7 cm³/mol. The Morgan fingerprint density at radius 1 is 1.32 bits per heavy atom.